The molecule has 1 saturated heterocycles. The molecule has 3 nitrogen and oxygen atoms in total. The second-order valence-corrected chi connectivity index (χ2v) is 5.94. The van der Waals surface area contributed by atoms with Crippen molar-refractivity contribution in [1.82, 2.24) is 10.2 Å². The summed E-state index contributed by atoms with van der Waals surface area (Å²) >= 11 is 0. The number of ether oxygens (including phenoxy) is 1. The minimum absolute atomic E-state index is 0.0392. The Balaban J connectivity index is 1.77. The van der Waals surface area contributed by atoms with Gasteiger partial charge >= 0.3 is 0 Å². The van der Waals surface area contributed by atoms with Crippen molar-refractivity contribution in [3.8, 4) is 5.75 Å². The Morgan fingerprint density at radius 2 is 2.20 bits per heavy atom. The molecule has 2 heterocycles. The normalized spacial score (nSPS) is 27.2. The molecule has 1 N–H and O–H groups in total. The molecular weight excluding hydrogens is 248 g/mol. The van der Waals surface area contributed by atoms with E-state index in [1.165, 1.54) is 12.0 Å². The zero-order valence-corrected chi connectivity index (χ0v) is 12.1. The van der Waals surface area contributed by atoms with Crippen LogP contribution in [-0.2, 0) is 6.54 Å². The van der Waals surface area contributed by atoms with Crippen molar-refractivity contribution in [2.75, 3.05) is 26.2 Å². The smallest absolute Gasteiger partial charge is 0.124 e. The fourth-order valence-corrected chi connectivity index (χ4v) is 3.31. The molecule has 108 valence electrons. The van der Waals surface area contributed by atoms with Crippen LogP contribution in [0.15, 0.2) is 36.9 Å². The number of rotatable bonds is 2. The second kappa shape index (κ2) is 5.98. The highest BCUT2D eigenvalue weighted by atomic mass is 16.5. The van der Waals surface area contributed by atoms with E-state index in [2.05, 4.69) is 41.1 Å². The molecule has 1 fully saturated rings. The average molecular weight is 272 g/mol. The zero-order chi connectivity index (χ0) is 13.8. The first-order chi connectivity index (χ1) is 9.81. The molecule has 0 amide bonds. The van der Waals surface area contributed by atoms with E-state index in [9.17, 15) is 0 Å². The van der Waals surface area contributed by atoms with Gasteiger partial charge in [0.1, 0.15) is 11.4 Å². The fourth-order valence-electron chi connectivity index (χ4n) is 3.31. The molecule has 2 aliphatic rings. The van der Waals surface area contributed by atoms with Crippen LogP contribution < -0.4 is 10.1 Å². The van der Waals surface area contributed by atoms with Crippen molar-refractivity contribution in [3.63, 3.8) is 0 Å². The highest BCUT2D eigenvalue weighted by Crippen LogP contribution is 2.32. The quantitative estimate of drug-likeness (QED) is 0.838. The van der Waals surface area contributed by atoms with Crippen molar-refractivity contribution in [3.05, 3.63) is 42.5 Å². The van der Waals surface area contributed by atoms with E-state index in [-0.39, 0.29) is 5.60 Å². The van der Waals surface area contributed by atoms with E-state index in [0.29, 0.717) is 0 Å². The number of benzene rings is 1. The highest BCUT2D eigenvalue weighted by molar-refractivity contribution is 5.34. The number of fused-ring (bicyclic) bond motifs is 1. The summed E-state index contributed by atoms with van der Waals surface area (Å²) in [6.45, 7) is 8.94. The van der Waals surface area contributed by atoms with Crippen LogP contribution in [0.3, 0.4) is 0 Å². The van der Waals surface area contributed by atoms with Crippen molar-refractivity contribution in [2.45, 2.75) is 31.4 Å². The third-order valence-electron chi connectivity index (χ3n) is 4.44. The maximum absolute atomic E-state index is 6.48. The molecule has 0 aliphatic carbocycles. The van der Waals surface area contributed by atoms with Crippen molar-refractivity contribution in [2.24, 2.45) is 0 Å². The van der Waals surface area contributed by atoms with Gasteiger partial charge < -0.3 is 10.1 Å². The van der Waals surface area contributed by atoms with Gasteiger partial charge in [-0.05, 0) is 25.5 Å². The molecule has 0 bridgehead atoms. The predicted molar refractivity (Wildman–Crippen MR) is 82.0 cm³/mol. The van der Waals surface area contributed by atoms with Crippen LogP contribution in [0.5, 0.6) is 5.75 Å². The van der Waals surface area contributed by atoms with Crippen molar-refractivity contribution < 1.29 is 4.74 Å². The van der Waals surface area contributed by atoms with E-state index in [1.54, 1.807) is 0 Å². The molecule has 0 saturated carbocycles. The molecular formula is C17H24N2O. The molecule has 0 radical (unpaired) electrons. The van der Waals surface area contributed by atoms with Gasteiger partial charge in [0, 0.05) is 38.2 Å². The summed E-state index contributed by atoms with van der Waals surface area (Å²) in [4.78, 5) is 2.47. The van der Waals surface area contributed by atoms with Gasteiger partial charge in [0.05, 0.1) is 0 Å². The zero-order valence-electron chi connectivity index (χ0n) is 12.1. The lowest BCUT2D eigenvalue weighted by molar-refractivity contribution is 0.0583. The molecule has 1 atom stereocenters. The van der Waals surface area contributed by atoms with Crippen LogP contribution in [0.25, 0.3) is 0 Å². The molecule has 1 aromatic carbocycles. The molecule has 1 spiro atoms. The molecule has 0 aromatic heterocycles. The largest absolute Gasteiger partial charge is 0.486 e. The molecule has 20 heavy (non-hydrogen) atoms. The monoisotopic (exact) mass is 272 g/mol. The maximum Gasteiger partial charge on any atom is 0.124 e. The summed E-state index contributed by atoms with van der Waals surface area (Å²) in [5.74, 6) is 1.06. The van der Waals surface area contributed by atoms with Gasteiger partial charge in [0.25, 0.3) is 0 Å². The second-order valence-electron chi connectivity index (χ2n) is 5.94. The number of hydrogen-bond acceptors (Lipinski definition) is 3. The van der Waals surface area contributed by atoms with Gasteiger partial charge in [-0.3, -0.25) is 4.90 Å². The Bertz CT molecular complexity index is 474. The Labute approximate surface area is 121 Å². The molecule has 3 rings (SSSR count). The van der Waals surface area contributed by atoms with Crippen LogP contribution in [0.2, 0.25) is 0 Å². The maximum atomic E-state index is 6.48. The van der Waals surface area contributed by atoms with Crippen LogP contribution in [0.1, 0.15) is 24.8 Å². The third-order valence-corrected chi connectivity index (χ3v) is 4.44. The van der Waals surface area contributed by atoms with Gasteiger partial charge in [-0.1, -0.05) is 24.3 Å². The number of likely N-dealkylation sites (tertiary alicyclic amines) is 1. The topological polar surface area (TPSA) is 24.5 Å². The van der Waals surface area contributed by atoms with Crippen LogP contribution >= 0.6 is 0 Å². The van der Waals surface area contributed by atoms with Gasteiger partial charge in [0.15, 0.2) is 0 Å². The highest BCUT2D eigenvalue weighted by Gasteiger charge is 2.36. The van der Waals surface area contributed by atoms with Crippen molar-refractivity contribution >= 4 is 0 Å². The minimum atomic E-state index is -0.0392. The van der Waals surface area contributed by atoms with Crippen LogP contribution in [0, 0.1) is 0 Å². The van der Waals surface area contributed by atoms with E-state index < -0.39 is 0 Å². The van der Waals surface area contributed by atoms with E-state index in [1.807, 2.05) is 6.08 Å². The third kappa shape index (κ3) is 2.89. The lowest BCUT2D eigenvalue weighted by Gasteiger charge is -2.32. The van der Waals surface area contributed by atoms with E-state index in [0.717, 1.165) is 51.3 Å². The number of nitrogens with zero attached hydrogens (tertiary/aromatic N) is 1. The lowest BCUT2D eigenvalue weighted by Crippen LogP contribution is -2.44. The number of nitrogens with one attached hydrogen (secondary N) is 1. The predicted octanol–water partition coefficient (Wildman–Crippen LogP) is 2.58. The molecule has 2 aliphatic heterocycles. The summed E-state index contributed by atoms with van der Waals surface area (Å²) < 4.78 is 6.48. The number of para-hydroxylation sites is 1. The Kier molecular flexibility index (Phi) is 4.08. The van der Waals surface area contributed by atoms with Gasteiger partial charge in [-0.15, -0.1) is 6.58 Å². The average Bonchev–Trinajstić information content (AvgIpc) is 2.76. The SMILES string of the molecule is C=CCN1CCCC2(CC1)CNCc1ccccc1O2. The standard InChI is InChI=1S/C17H24N2O/c1-2-10-19-11-5-8-17(9-12-19)14-18-13-15-6-3-4-7-16(15)20-17/h2-4,6-7,18H,1,5,8-14H2. The number of hydrogen-bond donors (Lipinski definition) is 1. The first-order valence-electron chi connectivity index (χ1n) is 7.62. The van der Waals surface area contributed by atoms with E-state index in [4.69, 9.17) is 4.74 Å². The van der Waals surface area contributed by atoms with Gasteiger partial charge in [-0.2, -0.15) is 0 Å². The molecule has 1 unspecified atom stereocenters. The van der Waals surface area contributed by atoms with E-state index >= 15 is 0 Å². The minimum Gasteiger partial charge on any atom is -0.486 e. The summed E-state index contributed by atoms with van der Waals surface area (Å²) in [7, 11) is 0. The fraction of sp³-hybridized carbons (Fsp3) is 0.529. The summed E-state index contributed by atoms with van der Waals surface area (Å²) in [5.41, 5.74) is 1.24. The van der Waals surface area contributed by atoms with Crippen LogP contribution in [0.4, 0.5) is 0 Å². The molecule has 3 heteroatoms. The summed E-state index contributed by atoms with van der Waals surface area (Å²) in [6.07, 6.45) is 5.40. The molecule has 1 aromatic rings. The van der Waals surface area contributed by atoms with Crippen molar-refractivity contribution in [1.29, 1.82) is 0 Å². The first kappa shape index (κ1) is 13.7. The lowest BCUT2D eigenvalue weighted by atomic mass is 9.94. The first-order valence-corrected chi connectivity index (χ1v) is 7.62. The summed E-state index contributed by atoms with van der Waals surface area (Å²) in [5, 5.41) is 3.57. The Morgan fingerprint density at radius 3 is 3.10 bits per heavy atom. The van der Waals surface area contributed by atoms with Crippen LogP contribution in [-0.4, -0.2) is 36.7 Å². The van der Waals surface area contributed by atoms with Gasteiger partial charge in [0.2, 0.25) is 0 Å². The Morgan fingerprint density at radius 1 is 1.30 bits per heavy atom. The van der Waals surface area contributed by atoms with Gasteiger partial charge in [-0.25, -0.2) is 0 Å². The Hall–Kier alpha value is -1.32. The summed E-state index contributed by atoms with van der Waals surface area (Å²) in [6, 6.07) is 8.41.